The second kappa shape index (κ2) is 5.66. The van der Waals surface area contributed by atoms with Gasteiger partial charge in [-0.15, -0.1) is 11.3 Å². The zero-order valence-corrected chi connectivity index (χ0v) is 10.5. The maximum absolute atomic E-state index is 13.1. The number of halogens is 4. The van der Waals surface area contributed by atoms with E-state index in [1.165, 1.54) is 17.4 Å². The van der Waals surface area contributed by atoms with Gasteiger partial charge in [0.25, 0.3) is 0 Å². The van der Waals surface area contributed by atoms with Crippen LogP contribution in [0.2, 0.25) is 0 Å². The van der Waals surface area contributed by atoms with E-state index in [4.69, 9.17) is 0 Å². The van der Waals surface area contributed by atoms with Crippen molar-refractivity contribution < 1.29 is 17.6 Å². The first-order chi connectivity index (χ1) is 8.97. The molecule has 0 aliphatic heterocycles. The van der Waals surface area contributed by atoms with Crippen LogP contribution in [-0.2, 0) is 19.3 Å². The predicted octanol–water partition coefficient (Wildman–Crippen LogP) is 3.59. The molecule has 0 spiro atoms. The van der Waals surface area contributed by atoms with Crippen LogP contribution in [0.3, 0.4) is 0 Å². The molecule has 2 rings (SSSR count). The number of hydrogen-bond donors (Lipinski definition) is 1. The Morgan fingerprint density at radius 2 is 2.00 bits per heavy atom. The summed E-state index contributed by atoms with van der Waals surface area (Å²) in [6.07, 6.45) is -2.98. The minimum Gasteiger partial charge on any atom is -0.308 e. The van der Waals surface area contributed by atoms with Gasteiger partial charge in [-0.2, -0.15) is 13.2 Å². The highest BCUT2D eigenvalue weighted by atomic mass is 32.1. The Labute approximate surface area is 111 Å². The Hall–Kier alpha value is -1.47. The summed E-state index contributed by atoms with van der Waals surface area (Å²) in [4.78, 5) is 4.87. The Kier molecular flexibility index (Phi) is 4.16. The molecule has 0 bridgehead atoms. The number of thiazole rings is 1. The van der Waals surface area contributed by atoms with Crippen molar-refractivity contribution in [3.8, 4) is 0 Å². The Bertz CT molecular complexity index is 537. The highest BCUT2D eigenvalue weighted by Gasteiger charge is 2.34. The second-order valence-electron chi connectivity index (χ2n) is 3.88. The lowest BCUT2D eigenvalue weighted by Crippen LogP contribution is -2.14. The standard InChI is InChI=1S/C12H10F4N2S/c13-11-2-1-8(3-10(11)12(14,15)16)4-17-5-9-6-18-7-19-9/h1-3,6-7,17H,4-5H2. The van der Waals surface area contributed by atoms with Crippen LogP contribution < -0.4 is 5.32 Å². The molecule has 1 aromatic carbocycles. The van der Waals surface area contributed by atoms with Gasteiger partial charge in [-0.25, -0.2) is 4.39 Å². The van der Waals surface area contributed by atoms with Crippen LogP contribution in [0.4, 0.5) is 17.6 Å². The van der Waals surface area contributed by atoms with Gasteiger partial charge in [0.2, 0.25) is 0 Å². The summed E-state index contributed by atoms with van der Waals surface area (Å²) in [5, 5.41) is 2.98. The van der Waals surface area contributed by atoms with Gasteiger partial charge in [-0.05, 0) is 17.7 Å². The summed E-state index contributed by atoms with van der Waals surface area (Å²) in [6.45, 7) is 0.755. The Morgan fingerprint density at radius 3 is 2.63 bits per heavy atom. The molecule has 7 heteroatoms. The van der Waals surface area contributed by atoms with Crippen molar-refractivity contribution in [1.82, 2.24) is 10.3 Å². The Balaban J connectivity index is 2.01. The number of benzene rings is 1. The molecule has 0 amide bonds. The van der Waals surface area contributed by atoms with Crippen LogP contribution in [0.1, 0.15) is 16.0 Å². The van der Waals surface area contributed by atoms with Gasteiger partial charge in [0, 0.05) is 24.2 Å². The molecule has 19 heavy (non-hydrogen) atoms. The van der Waals surface area contributed by atoms with Gasteiger partial charge in [0.15, 0.2) is 0 Å². The number of nitrogens with one attached hydrogen (secondary N) is 1. The highest BCUT2D eigenvalue weighted by Crippen LogP contribution is 2.31. The monoisotopic (exact) mass is 290 g/mol. The number of hydrogen-bond acceptors (Lipinski definition) is 3. The maximum atomic E-state index is 13.1. The van der Waals surface area contributed by atoms with E-state index in [-0.39, 0.29) is 6.54 Å². The average molecular weight is 290 g/mol. The van der Waals surface area contributed by atoms with Gasteiger partial charge in [0.1, 0.15) is 5.82 Å². The summed E-state index contributed by atoms with van der Waals surface area (Å²) >= 11 is 1.45. The van der Waals surface area contributed by atoms with Gasteiger partial charge in [0.05, 0.1) is 11.1 Å². The molecule has 2 nitrogen and oxygen atoms in total. The molecule has 0 aliphatic carbocycles. The molecule has 1 N–H and O–H groups in total. The van der Waals surface area contributed by atoms with E-state index in [0.717, 1.165) is 17.0 Å². The fraction of sp³-hybridized carbons (Fsp3) is 0.250. The lowest BCUT2D eigenvalue weighted by atomic mass is 10.1. The fourth-order valence-electron chi connectivity index (χ4n) is 1.56. The average Bonchev–Trinajstić information content (AvgIpc) is 2.83. The molecule has 0 radical (unpaired) electrons. The third kappa shape index (κ3) is 3.74. The lowest BCUT2D eigenvalue weighted by molar-refractivity contribution is -0.140. The van der Waals surface area contributed by atoms with Gasteiger partial charge < -0.3 is 5.32 Å². The molecule has 0 saturated heterocycles. The molecule has 1 aromatic heterocycles. The van der Waals surface area contributed by atoms with Crippen LogP contribution in [0, 0.1) is 5.82 Å². The summed E-state index contributed by atoms with van der Waals surface area (Å²) in [7, 11) is 0. The first-order valence-electron chi connectivity index (χ1n) is 5.40. The maximum Gasteiger partial charge on any atom is 0.419 e. The third-order valence-corrected chi connectivity index (χ3v) is 3.23. The van der Waals surface area contributed by atoms with Crippen molar-refractivity contribution in [2.24, 2.45) is 0 Å². The number of alkyl halides is 3. The molecular weight excluding hydrogens is 280 g/mol. The van der Waals surface area contributed by atoms with Crippen molar-refractivity contribution in [3.05, 3.63) is 51.7 Å². The summed E-state index contributed by atoms with van der Waals surface area (Å²) in [6, 6.07) is 3.01. The number of aromatic nitrogens is 1. The SMILES string of the molecule is Fc1ccc(CNCc2cncs2)cc1C(F)(F)F. The highest BCUT2D eigenvalue weighted by molar-refractivity contribution is 7.09. The van der Waals surface area contributed by atoms with E-state index >= 15 is 0 Å². The van der Waals surface area contributed by atoms with Gasteiger partial charge in [-0.3, -0.25) is 4.98 Å². The first kappa shape index (κ1) is 14.0. The molecular formula is C12H10F4N2S. The van der Waals surface area contributed by atoms with Crippen LogP contribution in [0.5, 0.6) is 0 Å². The van der Waals surface area contributed by atoms with Crippen LogP contribution in [0.15, 0.2) is 29.9 Å². The smallest absolute Gasteiger partial charge is 0.308 e. The first-order valence-corrected chi connectivity index (χ1v) is 6.28. The summed E-state index contributed by atoms with van der Waals surface area (Å²) in [5.41, 5.74) is 0.833. The minimum atomic E-state index is -4.67. The largest absolute Gasteiger partial charge is 0.419 e. The van der Waals surface area contributed by atoms with E-state index in [2.05, 4.69) is 10.3 Å². The van der Waals surface area contributed by atoms with Crippen molar-refractivity contribution in [1.29, 1.82) is 0 Å². The van der Waals surface area contributed by atoms with Crippen molar-refractivity contribution in [3.63, 3.8) is 0 Å². The van der Waals surface area contributed by atoms with Gasteiger partial charge in [-0.1, -0.05) is 6.07 Å². The molecule has 0 unspecified atom stereocenters. The molecule has 1 heterocycles. The minimum absolute atomic E-state index is 0.237. The van der Waals surface area contributed by atoms with Crippen LogP contribution in [0.25, 0.3) is 0 Å². The number of rotatable bonds is 4. The van der Waals surface area contributed by atoms with E-state index in [0.29, 0.717) is 12.1 Å². The van der Waals surface area contributed by atoms with Gasteiger partial charge >= 0.3 is 6.18 Å². The van der Waals surface area contributed by atoms with E-state index < -0.39 is 17.6 Å². The second-order valence-corrected chi connectivity index (χ2v) is 4.85. The zero-order chi connectivity index (χ0) is 13.9. The van der Waals surface area contributed by atoms with Crippen molar-refractivity contribution in [2.45, 2.75) is 19.3 Å². The number of nitrogens with zero attached hydrogens (tertiary/aromatic N) is 1. The van der Waals surface area contributed by atoms with E-state index in [9.17, 15) is 17.6 Å². The topological polar surface area (TPSA) is 24.9 Å². The molecule has 2 aromatic rings. The van der Waals surface area contributed by atoms with Crippen LogP contribution in [-0.4, -0.2) is 4.98 Å². The zero-order valence-electron chi connectivity index (χ0n) is 9.67. The molecule has 0 saturated carbocycles. The molecule has 0 fully saturated rings. The normalized spacial score (nSPS) is 11.8. The fourth-order valence-corrected chi connectivity index (χ4v) is 2.12. The quantitative estimate of drug-likeness (QED) is 0.870. The lowest BCUT2D eigenvalue weighted by Gasteiger charge is -2.10. The predicted molar refractivity (Wildman–Crippen MR) is 64.1 cm³/mol. The molecule has 0 aliphatic rings. The van der Waals surface area contributed by atoms with Crippen LogP contribution >= 0.6 is 11.3 Å². The van der Waals surface area contributed by atoms with Crippen molar-refractivity contribution >= 4 is 11.3 Å². The van der Waals surface area contributed by atoms with E-state index in [1.54, 1.807) is 11.7 Å². The Morgan fingerprint density at radius 1 is 1.21 bits per heavy atom. The molecule has 102 valence electrons. The third-order valence-electron chi connectivity index (χ3n) is 2.45. The summed E-state index contributed by atoms with van der Waals surface area (Å²) in [5.74, 6) is -1.25. The van der Waals surface area contributed by atoms with E-state index in [1.807, 2.05) is 0 Å². The molecule has 0 atom stereocenters. The summed E-state index contributed by atoms with van der Waals surface area (Å²) < 4.78 is 50.6. The van der Waals surface area contributed by atoms with Crippen molar-refractivity contribution in [2.75, 3.05) is 0 Å².